The summed E-state index contributed by atoms with van der Waals surface area (Å²) in [5.74, 6) is 0.294. The van der Waals surface area contributed by atoms with Crippen LogP contribution in [0, 0.1) is 5.92 Å². The first kappa shape index (κ1) is 19.9. The van der Waals surface area contributed by atoms with Crippen molar-refractivity contribution in [2.45, 2.75) is 57.9 Å². The van der Waals surface area contributed by atoms with Crippen molar-refractivity contribution in [3.05, 3.63) is 48.7 Å². The highest BCUT2D eigenvalue weighted by Gasteiger charge is 2.53. The van der Waals surface area contributed by atoms with E-state index in [0.717, 1.165) is 31.6 Å². The van der Waals surface area contributed by atoms with E-state index in [9.17, 15) is 0 Å². The summed E-state index contributed by atoms with van der Waals surface area (Å²) < 4.78 is 5.91. The fourth-order valence-electron chi connectivity index (χ4n) is 4.18. The molecule has 2 heterocycles. The van der Waals surface area contributed by atoms with E-state index in [4.69, 9.17) is 9.57 Å². The molecule has 1 N–H and O–H groups in total. The Hall–Kier alpha value is -1.85. The van der Waals surface area contributed by atoms with Crippen LogP contribution in [0.4, 0.5) is 0 Å². The predicted molar refractivity (Wildman–Crippen MR) is 110 cm³/mol. The summed E-state index contributed by atoms with van der Waals surface area (Å²) in [4.78, 5) is 8.40. The molecule has 27 heavy (non-hydrogen) atoms. The highest BCUT2D eigenvalue weighted by molar-refractivity contribution is 5.86. The van der Waals surface area contributed by atoms with Gasteiger partial charge in [-0.25, -0.2) is 0 Å². The van der Waals surface area contributed by atoms with Gasteiger partial charge in [0.05, 0.1) is 25.0 Å². The maximum Gasteiger partial charge on any atom is 0.166 e. The van der Waals surface area contributed by atoms with Crippen LogP contribution in [0.15, 0.2) is 48.3 Å². The Morgan fingerprint density at radius 1 is 1.37 bits per heavy atom. The van der Waals surface area contributed by atoms with Crippen LogP contribution >= 0.6 is 0 Å². The molecule has 0 aliphatic carbocycles. The fourth-order valence-corrected chi connectivity index (χ4v) is 4.18. The molecule has 0 amide bonds. The van der Waals surface area contributed by atoms with Crippen LogP contribution in [-0.4, -0.2) is 48.0 Å². The summed E-state index contributed by atoms with van der Waals surface area (Å²) in [5.41, 5.74) is 1.98. The topological polar surface area (TPSA) is 46.1 Å². The van der Waals surface area contributed by atoms with Crippen molar-refractivity contribution in [3.63, 3.8) is 0 Å². The van der Waals surface area contributed by atoms with E-state index < -0.39 is 0 Å². The van der Waals surface area contributed by atoms with Gasteiger partial charge in [0.25, 0.3) is 0 Å². The predicted octanol–water partition coefficient (Wildman–Crippen LogP) is 3.57. The molecule has 5 heteroatoms. The first-order chi connectivity index (χ1) is 13.1. The molecule has 1 saturated heterocycles. The molecule has 0 unspecified atom stereocenters. The molecule has 0 radical (unpaired) electrons. The van der Waals surface area contributed by atoms with Crippen molar-refractivity contribution in [2.24, 2.45) is 11.1 Å². The molecule has 2 aliphatic heterocycles. The van der Waals surface area contributed by atoms with Gasteiger partial charge in [0, 0.05) is 25.0 Å². The van der Waals surface area contributed by atoms with Gasteiger partial charge in [0.2, 0.25) is 0 Å². The first-order valence-electron chi connectivity index (χ1n) is 10.0. The number of hydrogen-bond donors (Lipinski definition) is 1. The number of nitrogens with zero attached hydrogens (tertiary/aromatic N) is 2. The molecule has 1 spiro atoms. The van der Waals surface area contributed by atoms with E-state index in [0.29, 0.717) is 25.2 Å². The lowest BCUT2D eigenvalue weighted by atomic mass is 9.76. The second-order valence-electron chi connectivity index (χ2n) is 7.82. The summed E-state index contributed by atoms with van der Waals surface area (Å²) in [6.07, 6.45) is 4.00. The normalized spacial score (nSPS) is 30.5. The van der Waals surface area contributed by atoms with E-state index in [-0.39, 0.29) is 11.6 Å². The number of ether oxygens (including phenoxy) is 1. The maximum absolute atomic E-state index is 6.12. The lowest BCUT2D eigenvalue weighted by Gasteiger charge is -2.43. The summed E-state index contributed by atoms with van der Waals surface area (Å²) in [6.45, 7) is 13.5. The van der Waals surface area contributed by atoms with Gasteiger partial charge in [-0.2, -0.15) is 0 Å². The minimum absolute atomic E-state index is 0.177. The van der Waals surface area contributed by atoms with E-state index in [1.807, 2.05) is 24.4 Å². The molecular formula is C22H33N3O2. The van der Waals surface area contributed by atoms with Gasteiger partial charge in [-0.3, -0.25) is 0 Å². The lowest BCUT2D eigenvalue weighted by molar-refractivity contribution is -0.0965. The first-order valence-corrected chi connectivity index (χ1v) is 10.0. The van der Waals surface area contributed by atoms with Gasteiger partial charge >= 0.3 is 0 Å². The quantitative estimate of drug-likeness (QED) is 0.745. The zero-order valence-corrected chi connectivity index (χ0v) is 16.9. The summed E-state index contributed by atoms with van der Waals surface area (Å²) in [6, 6.07) is 10.9. The van der Waals surface area contributed by atoms with Crippen LogP contribution in [-0.2, 0) is 16.2 Å². The summed E-state index contributed by atoms with van der Waals surface area (Å²) >= 11 is 0. The minimum atomic E-state index is -0.296. The molecule has 1 aromatic carbocycles. The average molecular weight is 372 g/mol. The second kappa shape index (κ2) is 8.89. The summed E-state index contributed by atoms with van der Waals surface area (Å²) in [7, 11) is 0. The Morgan fingerprint density at radius 2 is 2.15 bits per heavy atom. The van der Waals surface area contributed by atoms with Gasteiger partial charge in [-0.15, -0.1) is 0 Å². The van der Waals surface area contributed by atoms with E-state index in [2.05, 4.69) is 54.9 Å². The lowest BCUT2D eigenvalue weighted by Crippen LogP contribution is -2.58. The van der Waals surface area contributed by atoms with Crippen LogP contribution in [0.25, 0.3) is 0 Å². The smallest absolute Gasteiger partial charge is 0.166 e. The molecule has 5 nitrogen and oxygen atoms in total. The van der Waals surface area contributed by atoms with Gasteiger partial charge in [-0.05, 0) is 38.5 Å². The summed E-state index contributed by atoms with van der Waals surface area (Å²) in [5, 5.41) is 8.01. The van der Waals surface area contributed by atoms with Crippen molar-refractivity contribution < 1.29 is 9.57 Å². The van der Waals surface area contributed by atoms with Gasteiger partial charge in [-0.1, -0.05) is 49.0 Å². The Morgan fingerprint density at radius 3 is 2.81 bits per heavy atom. The average Bonchev–Trinajstić information content (AvgIpc) is 2.87. The molecular weight excluding hydrogens is 338 g/mol. The van der Waals surface area contributed by atoms with E-state index >= 15 is 0 Å². The Labute approximate surface area is 163 Å². The SMILES string of the molecule is C=CN(CCOCc1ccccc1)[C@@H]1CN[C@@H](C)CC[C@@]12ON=C(C)[C@@H]2C. The zero-order chi connectivity index (χ0) is 19.3. The molecule has 3 rings (SSSR count). The number of nitrogens with one attached hydrogen (secondary N) is 1. The molecule has 4 atom stereocenters. The molecule has 0 saturated carbocycles. The van der Waals surface area contributed by atoms with Crippen molar-refractivity contribution >= 4 is 5.71 Å². The number of oxime groups is 1. The van der Waals surface area contributed by atoms with Crippen molar-refractivity contribution in [1.82, 2.24) is 10.2 Å². The Balaban J connectivity index is 1.65. The third-order valence-corrected chi connectivity index (χ3v) is 6.15. The number of hydrogen-bond acceptors (Lipinski definition) is 5. The van der Waals surface area contributed by atoms with Crippen LogP contribution in [0.3, 0.4) is 0 Å². The molecule has 1 aromatic rings. The van der Waals surface area contributed by atoms with Crippen molar-refractivity contribution in [1.29, 1.82) is 0 Å². The van der Waals surface area contributed by atoms with Crippen LogP contribution in [0.1, 0.15) is 39.2 Å². The van der Waals surface area contributed by atoms with Gasteiger partial charge < -0.3 is 19.8 Å². The van der Waals surface area contributed by atoms with E-state index in [1.54, 1.807) is 0 Å². The number of benzene rings is 1. The molecule has 2 aliphatic rings. The van der Waals surface area contributed by atoms with Crippen LogP contribution in [0.2, 0.25) is 0 Å². The van der Waals surface area contributed by atoms with Gasteiger partial charge in [0.15, 0.2) is 5.60 Å². The third-order valence-electron chi connectivity index (χ3n) is 6.15. The van der Waals surface area contributed by atoms with E-state index in [1.165, 1.54) is 5.56 Å². The standard InChI is InChI=1S/C22H33N3O2/c1-5-25(13-14-26-16-20-9-7-6-8-10-20)21-15-23-17(2)11-12-22(21)18(3)19(4)24-27-22/h5-10,17-18,21,23H,1,11-16H2,2-4H3/t17-,18-,21+,22-/m0/s1. The Kier molecular flexibility index (Phi) is 6.55. The zero-order valence-electron chi connectivity index (χ0n) is 16.9. The van der Waals surface area contributed by atoms with Crippen LogP contribution < -0.4 is 5.32 Å². The monoisotopic (exact) mass is 371 g/mol. The van der Waals surface area contributed by atoms with Crippen molar-refractivity contribution in [3.8, 4) is 0 Å². The Bertz CT molecular complexity index is 648. The largest absolute Gasteiger partial charge is 0.386 e. The maximum atomic E-state index is 6.12. The fraction of sp³-hybridized carbons (Fsp3) is 0.591. The van der Waals surface area contributed by atoms with Crippen LogP contribution in [0.5, 0.6) is 0 Å². The molecule has 0 aromatic heterocycles. The highest BCUT2D eigenvalue weighted by atomic mass is 16.7. The molecule has 1 fully saturated rings. The molecule has 0 bridgehead atoms. The van der Waals surface area contributed by atoms with Crippen molar-refractivity contribution in [2.75, 3.05) is 19.7 Å². The minimum Gasteiger partial charge on any atom is -0.386 e. The van der Waals surface area contributed by atoms with Gasteiger partial charge in [0.1, 0.15) is 0 Å². The third kappa shape index (κ3) is 4.36. The number of rotatable bonds is 7. The molecule has 148 valence electrons. The highest BCUT2D eigenvalue weighted by Crippen LogP contribution is 2.41. The second-order valence-corrected chi connectivity index (χ2v) is 7.82.